The molecule has 8 heteroatoms. The molecule has 0 spiro atoms. The largest absolute Gasteiger partial charge is 0.441 e. The van der Waals surface area contributed by atoms with Gasteiger partial charge in [-0.25, -0.2) is 4.98 Å². The van der Waals surface area contributed by atoms with Crippen molar-refractivity contribution in [2.24, 2.45) is 0 Å². The summed E-state index contributed by atoms with van der Waals surface area (Å²) in [5.41, 5.74) is 0.366. The number of nitrogens with one attached hydrogen (secondary N) is 1. The molecule has 7 nitrogen and oxygen atoms in total. The van der Waals surface area contributed by atoms with E-state index >= 15 is 0 Å². The third-order valence-electron chi connectivity index (χ3n) is 5.04. The minimum absolute atomic E-state index is 0.0735. The molecule has 1 aliphatic carbocycles. The van der Waals surface area contributed by atoms with Crippen molar-refractivity contribution in [3.05, 3.63) is 53.1 Å². The topological polar surface area (TPSA) is 94.1 Å². The summed E-state index contributed by atoms with van der Waals surface area (Å²) in [6.07, 6.45) is 6.04. The number of carbonyl (C=O) groups is 1. The van der Waals surface area contributed by atoms with E-state index in [1.54, 1.807) is 25.3 Å². The van der Waals surface area contributed by atoms with Crippen LogP contribution in [0.15, 0.2) is 39.4 Å². The summed E-state index contributed by atoms with van der Waals surface area (Å²) in [6, 6.07) is 7.34. The molecule has 28 heavy (non-hydrogen) atoms. The first-order valence-corrected chi connectivity index (χ1v) is 9.74. The van der Waals surface area contributed by atoms with E-state index in [-0.39, 0.29) is 12.3 Å². The number of oxazole rings is 1. The number of hydrogen-bond acceptors (Lipinski definition) is 6. The van der Waals surface area contributed by atoms with Gasteiger partial charge in [-0.3, -0.25) is 4.79 Å². The van der Waals surface area contributed by atoms with Crippen molar-refractivity contribution in [2.75, 3.05) is 0 Å². The zero-order valence-electron chi connectivity index (χ0n) is 15.6. The van der Waals surface area contributed by atoms with Gasteiger partial charge >= 0.3 is 0 Å². The molecule has 0 radical (unpaired) electrons. The number of halogens is 1. The van der Waals surface area contributed by atoms with Crippen molar-refractivity contribution >= 4 is 17.5 Å². The van der Waals surface area contributed by atoms with Crippen LogP contribution in [0.4, 0.5) is 0 Å². The Morgan fingerprint density at radius 1 is 1.25 bits per heavy atom. The first kappa shape index (κ1) is 18.7. The molecule has 1 aliphatic rings. The highest BCUT2D eigenvalue weighted by molar-refractivity contribution is 6.30. The Bertz CT molecular complexity index is 958. The highest BCUT2D eigenvalue weighted by Crippen LogP contribution is 2.37. The van der Waals surface area contributed by atoms with E-state index in [1.807, 2.05) is 12.1 Å². The second-order valence-corrected chi connectivity index (χ2v) is 7.54. The predicted octanol–water partition coefficient (Wildman–Crippen LogP) is 4.20. The smallest absolute Gasteiger partial charge is 0.223 e. The average Bonchev–Trinajstić information content (AvgIpc) is 3.42. The average molecular weight is 401 g/mol. The van der Waals surface area contributed by atoms with E-state index in [0.29, 0.717) is 34.8 Å². The highest BCUT2D eigenvalue weighted by Gasteiger charge is 2.41. The molecule has 146 valence electrons. The van der Waals surface area contributed by atoms with Crippen LogP contribution in [0.5, 0.6) is 0 Å². The molecule has 1 saturated carbocycles. The Kier molecular flexibility index (Phi) is 5.17. The van der Waals surface area contributed by atoms with E-state index in [2.05, 4.69) is 20.4 Å². The summed E-state index contributed by atoms with van der Waals surface area (Å²) < 4.78 is 10.9. The molecule has 1 fully saturated rings. The van der Waals surface area contributed by atoms with Gasteiger partial charge in [0.05, 0.1) is 6.20 Å². The van der Waals surface area contributed by atoms with Crippen molar-refractivity contribution in [3.8, 4) is 11.3 Å². The number of rotatable bonds is 6. The lowest BCUT2D eigenvalue weighted by Gasteiger charge is -2.26. The molecule has 0 bridgehead atoms. The van der Waals surface area contributed by atoms with Crippen LogP contribution in [0.3, 0.4) is 0 Å². The molecule has 2 heterocycles. The van der Waals surface area contributed by atoms with Crippen molar-refractivity contribution < 1.29 is 13.7 Å². The number of aromatic nitrogens is 3. The van der Waals surface area contributed by atoms with Crippen molar-refractivity contribution in [3.63, 3.8) is 0 Å². The van der Waals surface area contributed by atoms with Crippen molar-refractivity contribution in [2.45, 2.75) is 51.0 Å². The third-order valence-corrected chi connectivity index (χ3v) is 5.29. The molecule has 3 aromatic rings. The number of carbonyl (C=O) groups excluding carboxylic acids is 1. The number of nitrogens with zero attached hydrogens (tertiary/aromatic N) is 3. The van der Waals surface area contributed by atoms with Gasteiger partial charge in [0, 0.05) is 30.4 Å². The first-order valence-electron chi connectivity index (χ1n) is 9.36. The number of hydrogen-bond donors (Lipinski definition) is 1. The number of benzene rings is 1. The fourth-order valence-electron chi connectivity index (χ4n) is 3.60. The van der Waals surface area contributed by atoms with Gasteiger partial charge in [-0.1, -0.05) is 29.6 Å². The second kappa shape index (κ2) is 7.75. The van der Waals surface area contributed by atoms with Gasteiger partial charge in [0.2, 0.25) is 11.8 Å². The Balaban J connectivity index is 1.38. The van der Waals surface area contributed by atoms with Crippen LogP contribution in [0.2, 0.25) is 5.02 Å². The SMILES string of the molecule is Cc1nc(C2(NC(=O)CCc3ncc(-c4ccc(Cl)cc4)o3)CCCC2)no1. The summed E-state index contributed by atoms with van der Waals surface area (Å²) >= 11 is 5.91. The van der Waals surface area contributed by atoms with E-state index in [0.717, 1.165) is 31.2 Å². The maximum absolute atomic E-state index is 12.6. The molecule has 1 aromatic carbocycles. The summed E-state index contributed by atoms with van der Waals surface area (Å²) in [5.74, 6) is 2.18. The zero-order chi connectivity index (χ0) is 19.6. The Labute approximate surface area is 167 Å². The van der Waals surface area contributed by atoms with Crippen LogP contribution < -0.4 is 5.32 Å². The molecular weight excluding hydrogens is 380 g/mol. The second-order valence-electron chi connectivity index (χ2n) is 7.10. The monoisotopic (exact) mass is 400 g/mol. The molecule has 0 atom stereocenters. The van der Waals surface area contributed by atoms with Gasteiger partial charge < -0.3 is 14.3 Å². The Hall–Kier alpha value is -2.67. The Morgan fingerprint density at radius 3 is 2.68 bits per heavy atom. The van der Waals surface area contributed by atoms with Crippen LogP contribution in [-0.2, 0) is 16.8 Å². The minimum atomic E-state index is -0.528. The summed E-state index contributed by atoms with van der Waals surface area (Å²) in [4.78, 5) is 21.2. The molecular formula is C20H21ClN4O3. The molecule has 0 saturated heterocycles. The van der Waals surface area contributed by atoms with Gasteiger partial charge in [0.15, 0.2) is 17.5 Å². The van der Waals surface area contributed by atoms with Crippen LogP contribution in [0.25, 0.3) is 11.3 Å². The number of aryl methyl sites for hydroxylation is 2. The van der Waals surface area contributed by atoms with Crippen LogP contribution in [0, 0.1) is 6.92 Å². The predicted molar refractivity (Wildman–Crippen MR) is 103 cm³/mol. The normalized spacial score (nSPS) is 15.6. The van der Waals surface area contributed by atoms with Crippen LogP contribution >= 0.6 is 11.6 Å². The molecule has 0 unspecified atom stereocenters. The van der Waals surface area contributed by atoms with E-state index in [4.69, 9.17) is 20.5 Å². The maximum Gasteiger partial charge on any atom is 0.223 e. The maximum atomic E-state index is 12.6. The highest BCUT2D eigenvalue weighted by atomic mass is 35.5. The van der Waals surface area contributed by atoms with Gasteiger partial charge in [-0.15, -0.1) is 0 Å². The Morgan fingerprint density at radius 2 is 2.00 bits per heavy atom. The molecule has 1 N–H and O–H groups in total. The van der Waals surface area contributed by atoms with Crippen molar-refractivity contribution in [1.29, 1.82) is 0 Å². The van der Waals surface area contributed by atoms with Crippen molar-refractivity contribution in [1.82, 2.24) is 20.4 Å². The fourth-order valence-corrected chi connectivity index (χ4v) is 3.73. The summed E-state index contributed by atoms with van der Waals surface area (Å²) in [5, 5.41) is 7.84. The van der Waals surface area contributed by atoms with E-state index in [9.17, 15) is 4.79 Å². The summed E-state index contributed by atoms with van der Waals surface area (Å²) in [6.45, 7) is 1.75. The van der Waals surface area contributed by atoms with Gasteiger partial charge in [-0.05, 0) is 37.1 Å². The fraction of sp³-hybridized carbons (Fsp3) is 0.400. The van der Waals surface area contributed by atoms with Crippen LogP contribution in [-0.4, -0.2) is 21.0 Å². The molecule has 0 aliphatic heterocycles. The zero-order valence-corrected chi connectivity index (χ0v) is 16.3. The molecule has 1 amide bonds. The van der Waals surface area contributed by atoms with Gasteiger partial charge in [0.25, 0.3) is 0 Å². The first-order chi connectivity index (χ1) is 13.5. The minimum Gasteiger partial charge on any atom is -0.441 e. The summed E-state index contributed by atoms with van der Waals surface area (Å²) in [7, 11) is 0. The lowest BCUT2D eigenvalue weighted by Crippen LogP contribution is -2.44. The third kappa shape index (κ3) is 3.94. The van der Waals surface area contributed by atoms with Gasteiger partial charge in [-0.2, -0.15) is 4.98 Å². The lowest BCUT2D eigenvalue weighted by atomic mass is 9.96. The molecule has 2 aromatic heterocycles. The molecule has 4 rings (SSSR count). The lowest BCUT2D eigenvalue weighted by molar-refractivity contribution is -0.123. The van der Waals surface area contributed by atoms with E-state index < -0.39 is 5.54 Å². The van der Waals surface area contributed by atoms with Gasteiger partial charge in [0.1, 0.15) is 5.54 Å². The standard InChI is InChI=1S/C20H21ClN4O3/c1-13-23-19(25-28-13)20(10-2-3-11-20)24-17(26)8-9-18-22-12-16(27-18)14-4-6-15(21)7-5-14/h4-7,12H,2-3,8-11H2,1H3,(H,24,26). The number of amides is 1. The van der Waals surface area contributed by atoms with E-state index in [1.165, 1.54) is 0 Å². The van der Waals surface area contributed by atoms with Crippen LogP contribution in [0.1, 0.15) is 49.7 Å². The quantitative estimate of drug-likeness (QED) is 0.666.